The summed E-state index contributed by atoms with van der Waals surface area (Å²) in [5.74, 6) is 0.410. The Morgan fingerprint density at radius 1 is 1.03 bits per heavy atom. The molecule has 6 heteroatoms. The summed E-state index contributed by atoms with van der Waals surface area (Å²) in [5, 5.41) is 9.97. The third-order valence-corrected chi connectivity index (χ3v) is 5.26. The van der Waals surface area contributed by atoms with Gasteiger partial charge < -0.3 is 10.1 Å². The zero-order chi connectivity index (χ0) is 20.4. The Bertz CT molecular complexity index is 1110. The Balaban J connectivity index is 1.62. The van der Waals surface area contributed by atoms with Gasteiger partial charge in [-0.2, -0.15) is 5.10 Å². The number of nitrogens with zero attached hydrogens (tertiary/aromatic N) is 2. The van der Waals surface area contributed by atoms with Crippen molar-refractivity contribution in [2.45, 2.75) is 18.9 Å². The van der Waals surface area contributed by atoms with Crippen LogP contribution in [0.1, 0.15) is 24.5 Å². The molecule has 1 atom stereocenters. The van der Waals surface area contributed by atoms with Crippen LogP contribution in [0.3, 0.4) is 0 Å². The summed E-state index contributed by atoms with van der Waals surface area (Å²) in [6.45, 7) is 1.87. The lowest BCUT2D eigenvalue weighted by atomic mass is 9.87. The standard InChI is InChI=1S/C23H21N3O3/c1-3-23(19-7-5-4-6-8-19)21(27)26(22(28)25-23)24-15-16-9-10-18-14-20(29-2)12-11-17(18)13-16/h4-15H,3H2,1-2H3,(H,25,28)/b24-15-/t23-/m1/s1. The van der Waals surface area contributed by atoms with Crippen molar-refractivity contribution in [3.8, 4) is 5.75 Å². The molecule has 0 spiro atoms. The molecule has 1 fully saturated rings. The lowest BCUT2D eigenvalue weighted by molar-refractivity contribution is -0.131. The second-order valence-electron chi connectivity index (χ2n) is 6.89. The lowest BCUT2D eigenvalue weighted by Gasteiger charge is -2.24. The Morgan fingerprint density at radius 2 is 1.76 bits per heavy atom. The molecule has 3 aromatic carbocycles. The van der Waals surface area contributed by atoms with E-state index in [0.29, 0.717) is 6.42 Å². The van der Waals surface area contributed by atoms with Crippen LogP contribution in [0.2, 0.25) is 0 Å². The van der Waals surface area contributed by atoms with E-state index in [9.17, 15) is 9.59 Å². The first-order valence-corrected chi connectivity index (χ1v) is 9.41. The van der Waals surface area contributed by atoms with E-state index in [1.54, 1.807) is 7.11 Å². The predicted octanol–water partition coefficient (Wildman–Crippen LogP) is 4.04. The minimum Gasteiger partial charge on any atom is -0.497 e. The van der Waals surface area contributed by atoms with Crippen molar-refractivity contribution >= 4 is 28.9 Å². The van der Waals surface area contributed by atoms with E-state index in [0.717, 1.165) is 32.7 Å². The SMILES string of the molecule is CC[C@]1(c2ccccc2)NC(=O)N(/N=C\c2ccc3cc(OC)ccc3c2)C1=O. The molecule has 0 unspecified atom stereocenters. The van der Waals surface area contributed by atoms with Crippen molar-refractivity contribution in [3.63, 3.8) is 0 Å². The number of carbonyl (C=O) groups is 2. The lowest BCUT2D eigenvalue weighted by Crippen LogP contribution is -2.43. The quantitative estimate of drug-likeness (QED) is 0.531. The number of hydrogen-bond donors (Lipinski definition) is 1. The van der Waals surface area contributed by atoms with Crippen LogP contribution >= 0.6 is 0 Å². The van der Waals surface area contributed by atoms with Crippen LogP contribution in [0.15, 0.2) is 71.8 Å². The number of fused-ring (bicyclic) bond motifs is 1. The Hall–Kier alpha value is -3.67. The van der Waals surface area contributed by atoms with Gasteiger partial charge in [0.25, 0.3) is 5.91 Å². The fraction of sp³-hybridized carbons (Fsp3) is 0.174. The van der Waals surface area contributed by atoms with Gasteiger partial charge in [-0.1, -0.05) is 55.5 Å². The van der Waals surface area contributed by atoms with Gasteiger partial charge in [-0.25, -0.2) is 4.79 Å². The van der Waals surface area contributed by atoms with Crippen LogP contribution < -0.4 is 10.1 Å². The molecule has 1 N–H and O–H groups in total. The smallest absolute Gasteiger partial charge is 0.346 e. The molecule has 0 aromatic heterocycles. The topological polar surface area (TPSA) is 71.0 Å². The number of nitrogens with one attached hydrogen (secondary N) is 1. The van der Waals surface area contributed by atoms with Crippen LogP contribution in [0.4, 0.5) is 4.79 Å². The molecule has 1 heterocycles. The van der Waals surface area contributed by atoms with Crippen LogP contribution in [0, 0.1) is 0 Å². The maximum absolute atomic E-state index is 13.1. The number of imide groups is 1. The van der Waals surface area contributed by atoms with E-state index < -0.39 is 11.6 Å². The third kappa shape index (κ3) is 3.23. The van der Waals surface area contributed by atoms with E-state index in [2.05, 4.69) is 10.4 Å². The molecule has 1 saturated heterocycles. The maximum atomic E-state index is 13.1. The number of hydrazone groups is 1. The summed E-state index contributed by atoms with van der Waals surface area (Å²) >= 11 is 0. The molecule has 29 heavy (non-hydrogen) atoms. The first kappa shape index (κ1) is 18.7. The van der Waals surface area contributed by atoms with E-state index in [1.165, 1.54) is 6.21 Å². The average Bonchev–Trinajstić information content (AvgIpc) is 3.02. The fourth-order valence-electron chi connectivity index (χ4n) is 3.60. The molecular formula is C23H21N3O3. The molecule has 3 amide bonds. The van der Waals surface area contributed by atoms with Gasteiger partial charge in [0.15, 0.2) is 0 Å². The second-order valence-corrected chi connectivity index (χ2v) is 6.89. The molecule has 1 aliphatic heterocycles. The van der Waals surface area contributed by atoms with Crippen molar-refractivity contribution in [2.75, 3.05) is 7.11 Å². The van der Waals surface area contributed by atoms with Gasteiger partial charge in [0.2, 0.25) is 0 Å². The first-order valence-electron chi connectivity index (χ1n) is 9.41. The van der Waals surface area contributed by atoms with Crippen LogP contribution in [-0.2, 0) is 10.3 Å². The van der Waals surface area contributed by atoms with Gasteiger partial charge in [-0.3, -0.25) is 4.79 Å². The summed E-state index contributed by atoms with van der Waals surface area (Å²) in [5.41, 5.74) is 0.450. The van der Waals surface area contributed by atoms with E-state index >= 15 is 0 Å². The number of amides is 3. The normalized spacial score (nSPS) is 19.2. The first-order chi connectivity index (χ1) is 14.1. The van der Waals surface area contributed by atoms with Gasteiger partial charge in [0, 0.05) is 0 Å². The summed E-state index contributed by atoms with van der Waals surface area (Å²) in [6.07, 6.45) is 1.96. The summed E-state index contributed by atoms with van der Waals surface area (Å²) in [7, 11) is 1.63. The summed E-state index contributed by atoms with van der Waals surface area (Å²) in [6, 6.07) is 20.3. The van der Waals surface area contributed by atoms with E-state index in [4.69, 9.17) is 4.74 Å². The molecular weight excluding hydrogens is 366 g/mol. The number of benzene rings is 3. The Kier molecular flexibility index (Phi) is 4.76. The molecule has 0 saturated carbocycles. The van der Waals surface area contributed by atoms with Crippen molar-refractivity contribution < 1.29 is 14.3 Å². The van der Waals surface area contributed by atoms with Gasteiger partial charge in [-0.15, -0.1) is 5.01 Å². The highest BCUT2D eigenvalue weighted by atomic mass is 16.5. The molecule has 4 rings (SSSR count). The van der Waals surface area contributed by atoms with Gasteiger partial charge >= 0.3 is 6.03 Å². The fourth-order valence-corrected chi connectivity index (χ4v) is 3.60. The van der Waals surface area contributed by atoms with Gasteiger partial charge in [0.1, 0.15) is 11.3 Å². The van der Waals surface area contributed by atoms with E-state index in [-0.39, 0.29) is 5.91 Å². The summed E-state index contributed by atoms with van der Waals surface area (Å²) < 4.78 is 5.24. The second kappa shape index (κ2) is 7.39. The van der Waals surface area contributed by atoms with Gasteiger partial charge in [0.05, 0.1) is 13.3 Å². The number of methoxy groups -OCH3 is 1. The highest BCUT2D eigenvalue weighted by Gasteiger charge is 2.51. The molecule has 1 aliphatic rings. The van der Waals surface area contributed by atoms with Gasteiger partial charge in [-0.05, 0) is 46.5 Å². The van der Waals surface area contributed by atoms with Crippen molar-refractivity contribution in [1.29, 1.82) is 0 Å². The number of rotatable bonds is 5. The van der Waals surface area contributed by atoms with Crippen LogP contribution in [0.25, 0.3) is 10.8 Å². The maximum Gasteiger partial charge on any atom is 0.346 e. The zero-order valence-electron chi connectivity index (χ0n) is 16.3. The number of carbonyl (C=O) groups excluding carboxylic acids is 2. The van der Waals surface area contributed by atoms with Crippen LogP contribution in [0.5, 0.6) is 5.75 Å². The number of hydrogen-bond acceptors (Lipinski definition) is 4. The molecule has 0 aliphatic carbocycles. The third-order valence-electron chi connectivity index (χ3n) is 5.26. The monoisotopic (exact) mass is 387 g/mol. The van der Waals surface area contributed by atoms with Crippen molar-refractivity contribution in [3.05, 3.63) is 77.9 Å². The number of urea groups is 1. The Morgan fingerprint density at radius 3 is 2.48 bits per heavy atom. The average molecular weight is 387 g/mol. The van der Waals surface area contributed by atoms with E-state index in [1.807, 2.05) is 73.7 Å². The van der Waals surface area contributed by atoms with Crippen molar-refractivity contribution in [2.24, 2.45) is 5.10 Å². The van der Waals surface area contributed by atoms with Crippen LogP contribution in [-0.4, -0.2) is 30.3 Å². The predicted molar refractivity (Wildman–Crippen MR) is 112 cm³/mol. The molecule has 0 radical (unpaired) electrons. The summed E-state index contributed by atoms with van der Waals surface area (Å²) in [4.78, 5) is 25.6. The minimum atomic E-state index is -1.09. The molecule has 146 valence electrons. The highest BCUT2D eigenvalue weighted by molar-refractivity contribution is 6.08. The largest absolute Gasteiger partial charge is 0.497 e. The molecule has 3 aromatic rings. The van der Waals surface area contributed by atoms with Crippen molar-refractivity contribution in [1.82, 2.24) is 10.3 Å². The zero-order valence-corrected chi connectivity index (χ0v) is 16.3. The minimum absolute atomic E-state index is 0.377. The number of ether oxygens (including phenoxy) is 1. The highest BCUT2D eigenvalue weighted by Crippen LogP contribution is 2.32. The molecule has 0 bridgehead atoms. The Labute approximate surface area is 168 Å². The molecule has 6 nitrogen and oxygen atoms in total.